The molecule has 0 saturated carbocycles. The summed E-state index contributed by atoms with van der Waals surface area (Å²) < 4.78 is 1.30. The topological polar surface area (TPSA) is 62.3 Å². The van der Waals surface area contributed by atoms with Gasteiger partial charge in [-0.2, -0.15) is 0 Å². The summed E-state index contributed by atoms with van der Waals surface area (Å²) in [6.07, 6.45) is 3.88. The molecule has 0 aliphatic heterocycles. The largest absolute Gasteiger partial charge is 0.343 e. The van der Waals surface area contributed by atoms with Gasteiger partial charge in [-0.1, -0.05) is 19.7 Å². The predicted molar refractivity (Wildman–Crippen MR) is 67.6 cm³/mol. The van der Waals surface area contributed by atoms with Crippen LogP contribution in [0.1, 0.15) is 23.7 Å². The van der Waals surface area contributed by atoms with Crippen molar-refractivity contribution in [2.24, 2.45) is 0 Å². The van der Waals surface area contributed by atoms with E-state index in [-0.39, 0.29) is 18.4 Å². The molecule has 0 aliphatic carbocycles. The van der Waals surface area contributed by atoms with Gasteiger partial charge in [0.25, 0.3) is 11.8 Å². The van der Waals surface area contributed by atoms with Gasteiger partial charge in [0.05, 0.1) is 6.54 Å². The van der Waals surface area contributed by atoms with Crippen molar-refractivity contribution in [3.63, 3.8) is 0 Å². The molecular formula is C11H15N3O2S. The van der Waals surface area contributed by atoms with Crippen molar-refractivity contribution in [3.8, 4) is 0 Å². The van der Waals surface area contributed by atoms with E-state index >= 15 is 0 Å². The monoisotopic (exact) mass is 253 g/mol. The Bertz CT molecular complexity index is 384. The van der Waals surface area contributed by atoms with Crippen LogP contribution in [0.2, 0.25) is 0 Å². The lowest BCUT2D eigenvalue weighted by Crippen LogP contribution is -2.36. The maximum Gasteiger partial charge on any atom is 0.251 e. The molecule has 6 heteroatoms. The van der Waals surface area contributed by atoms with Crippen LogP contribution < -0.4 is 5.32 Å². The Balaban J connectivity index is 2.41. The molecule has 17 heavy (non-hydrogen) atoms. The van der Waals surface area contributed by atoms with Crippen molar-refractivity contribution in [3.05, 3.63) is 30.1 Å². The van der Waals surface area contributed by atoms with E-state index in [2.05, 4.69) is 23.1 Å². The summed E-state index contributed by atoms with van der Waals surface area (Å²) in [5.74, 6) is -0.517. The molecule has 1 aromatic rings. The van der Waals surface area contributed by atoms with Crippen molar-refractivity contribution >= 4 is 24.6 Å². The van der Waals surface area contributed by atoms with Crippen LogP contribution in [0, 0.1) is 0 Å². The van der Waals surface area contributed by atoms with E-state index in [0.717, 1.165) is 6.42 Å². The standard InChI is InChI=1S/C11H15N3O2S/c1-2-7-14(17)10(15)8-13-11(16)9-3-5-12-6-4-9/h3-6,17H,2,7-8H2,1H3,(H,13,16). The Morgan fingerprint density at radius 1 is 1.41 bits per heavy atom. The normalized spacial score (nSPS) is 9.76. The molecule has 1 heterocycles. The van der Waals surface area contributed by atoms with E-state index in [0.29, 0.717) is 12.1 Å². The smallest absolute Gasteiger partial charge is 0.251 e. The van der Waals surface area contributed by atoms with Crippen molar-refractivity contribution in [1.82, 2.24) is 14.6 Å². The van der Waals surface area contributed by atoms with Crippen LogP contribution in [0.3, 0.4) is 0 Å². The summed E-state index contributed by atoms with van der Waals surface area (Å²) in [5, 5.41) is 2.53. The third-order valence-electron chi connectivity index (χ3n) is 2.07. The average molecular weight is 253 g/mol. The Morgan fingerprint density at radius 2 is 2.06 bits per heavy atom. The second-order valence-electron chi connectivity index (χ2n) is 3.44. The Kier molecular flexibility index (Phi) is 5.48. The number of pyridine rings is 1. The number of rotatable bonds is 5. The minimum Gasteiger partial charge on any atom is -0.343 e. The van der Waals surface area contributed by atoms with Gasteiger partial charge >= 0.3 is 0 Å². The van der Waals surface area contributed by atoms with Crippen LogP contribution in [0.25, 0.3) is 0 Å². The number of hydrogen-bond donors (Lipinski definition) is 2. The number of nitrogens with zero attached hydrogens (tertiary/aromatic N) is 2. The zero-order chi connectivity index (χ0) is 12.7. The second kappa shape index (κ2) is 6.90. The van der Waals surface area contributed by atoms with Crippen LogP contribution in [0.4, 0.5) is 0 Å². The molecule has 0 bridgehead atoms. The first-order valence-corrected chi connectivity index (χ1v) is 5.72. The molecule has 1 N–H and O–H groups in total. The van der Waals surface area contributed by atoms with Gasteiger partial charge in [0.2, 0.25) is 0 Å². The van der Waals surface area contributed by atoms with E-state index < -0.39 is 0 Å². The predicted octanol–water partition coefficient (Wildman–Crippen LogP) is 0.895. The summed E-state index contributed by atoms with van der Waals surface area (Å²) in [7, 11) is 0. The molecule has 0 aromatic carbocycles. The number of carbonyl (C=O) groups excluding carboxylic acids is 2. The van der Waals surface area contributed by atoms with Gasteiger partial charge in [0, 0.05) is 24.5 Å². The highest BCUT2D eigenvalue weighted by atomic mass is 32.1. The van der Waals surface area contributed by atoms with E-state index in [1.165, 1.54) is 16.7 Å². The molecule has 0 atom stereocenters. The Labute approximate surface area is 106 Å². The van der Waals surface area contributed by atoms with Gasteiger partial charge < -0.3 is 5.32 Å². The minimum atomic E-state index is -0.293. The number of thiol groups is 1. The molecule has 1 rings (SSSR count). The van der Waals surface area contributed by atoms with Crippen molar-refractivity contribution in [1.29, 1.82) is 0 Å². The lowest BCUT2D eigenvalue weighted by molar-refractivity contribution is -0.125. The first-order valence-electron chi connectivity index (χ1n) is 5.32. The number of amides is 2. The van der Waals surface area contributed by atoms with Crippen molar-refractivity contribution < 1.29 is 9.59 Å². The van der Waals surface area contributed by atoms with Crippen molar-refractivity contribution in [2.45, 2.75) is 13.3 Å². The SMILES string of the molecule is CCCN(S)C(=O)CNC(=O)c1ccncc1. The summed E-state index contributed by atoms with van der Waals surface area (Å²) in [6.45, 7) is 2.46. The van der Waals surface area contributed by atoms with E-state index in [9.17, 15) is 9.59 Å². The fourth-order valence-electron chi connectivity index (χ4n) is 1.19. The Hall–Kier alpha value is -1.56. The van der Waals surface area contributed by atoms with Gasteiger partial charge in [-0.05, 0) is 18.6 Å². The summed E-state index contributed by atoms with van der Waals surface area (Å²) >= 11 is 4.02. The third-order valence-corrected chi connectivity index (χ3v) is 2.49. The fourth-order valence-corrected chi connectivity index (χ4v) is 1.46. The maximum atomic E-state index is 11.6. The number of hydrogen-bond acceptors (Lipinski definition) is 4. The third kappa shape index (κ3) is 4.44. The van der Waals surface area contributed by atoms with E-state index in [4.69, 9.17) is 0 Å². The quantitative estimate of drug-likeness (QED) is 0.766. The zero-order valence-electron chi connectivity index (χ0n) is 9.59. The molecular weight excluding hydrogens is 238 g/mol. The highest BCUT2D eigenvalue weighted by Gasteiger charge is 2.11. The van der Waals surface area contributed by atoms with Gasteiger partial charge in [0.1, 0.15) is 0 Å². The van der Waals surface area contributed by atoms with Gasteiger partial charge in [0.15, 0.2) is 0 Å². The molecule has 92 valence electrons. The summed E-state index contributed by atoms with van der Waals surface area (Å²) in [4.78, 5) is 26.9. The summed E-state index contributed by atoms with van der Waals surface area (Å²) in [5.41, 5.74) is 0.481. The molecule has 0 saturated heterocycles. The van der Waals surface area contributed by atoms with E-state index in [1.807, 2.05) is 6.92 Å². The molecule has 1 aromatic heterocycles. The highest BCUT2D eigenvalue weighted by Crippen LogP contribution is 1.98. The summed E-state index contributed by atoms with van der Waals surface area (Å²) in [6, 6.07) is 3.18. The highest BCUT2D eigenvalue weighted by molar-refractivity contribution is 7.78. The second-order valence-corrected chi connectivity index (χ2v) is 3.92. The molecule has 0 radical (unpaired) electrons. The van der Waals surface area contributed by atoms with Gasteiger partial charge in [-0.25, -0.2) is 0 Å². The molecule has 0 spiro atoms. The zero-order valence-corrected chi connectivity index (χ0v) is 10.5. The van der Waals surface area contributed by atoms with Crippen LogP contribution in [-0.4, -0.2) is 34.2 Å². The average Bonchev–Trinajstić information content (AvgIpc) is 2.36. The molecule has 0 fully saturated rings. The number of nitrogens with one attached hydrogen (secondary N) is 1. The molecule has 0 aliphatic rings. The van der Waals surface area contributed by atoms with Crippen LogP contribution in [0.5, 0.6) is 0 Å². The van der Waals surface area contributed by atoms with Gasteiger partial charge in [-0.3, -0.25) is 18.9 Å². The molecule has 0 unspecified atom stereocenters. The van der Waals surface area contributed by atoms with Crippen LogP contribution in [0.15, 0.2) is 24.5 Å². The Morgan fingerprint density at radius 3 is 2.65 bits per heavy atom. The lowest BCUT2D eigenvalue weighted by Gasteiger charge is -2.14. The fraction of sp³-hybridized carbons (Fsp3) is 0.364. The minimum absolute atomic E-state index is 0.0509. The first kappa shape index (κ1) is 13.5. The molecule has 2 amide bonds. The molecule has 5 nitrogen and oxygen atoms in total. The van der Waals surface area contributed by atoms with Crippen LogP contribution >= 0.6 is 12.8 Å². The lowest BCUT2D eigenvalue weighted by atomic mass is 10.2. The maximum absolute atomic E-state index is 11.6. The van der Waals surface area contributed by atoms with E-state index in [1.54, 1.807) is 12.1 Å². The first-order chi connectivity index (χ1) is 8.15. The van der Waals surface area contributed by atoms with Gasteiger partial charge in [-0.15, -0.1) is 0 Å². The van der Waals surface area contributed by atoms with Crippen molar-refractivity contribution in [2.75, 3.05) is 13.1 Å². The van der Waals surface area contributed by atoms with Crippen LogP contribution in [-0.2, 0) is 4.79 Å². The number of carbonyl (C=O) groups is 2. The number of aromatic nitrogens is 1.